The van der Waals surface area contributed by atoms with Crippen molar-refractivity contribution in [1.29, 1.82) is 0 Å². The number of H-pyrrole nitrogens is 1. The molecule has 212 valence electrons. The van der Waals surface area contributed by atoms with Crippen LogP contribution in [-0.4, -0.2) is 46.2 Å². The second-order valence-electron chi connectivity index (χ2n) is 11.6. The van der Waals surface area contributed by atoms with Crippen LogP contribution < -0.4 is 4.74 Å². The van der Waals surface area contributed by atoms with Gasteiger partial charge in [0.25, 0.3) is 5.91 Å². The fourth-order valence-electron chi connectivity index (χ4n) is 4.64. The fourth-order valence-corrected chi connectivity index (χ4v) is 4.64. The Morgan fingerprint density at radius 2 is 1.73 bits per heavy atom. The Hall–Kier alpha value is -4.21. The van der Waals surface area contributed by atoms with E-state index in [9.17, 15) is 23.2 Å². The molecular formula is C30H32F2N2O6. The lowest BCUT2D eigenvalue weighted by atomic mass is 9.81. The van der Waals surface area contributed by atoms with Crippen LogP contribution in [0.1, 0.15) is 70.1 Å². The van der Waals surface area contributed by atoms with Gasteiger partial charge in [0.2, 0.25) is 0 Å². The van der Waals surface area contributed by atoms with Crippen LogP contribution in [0.15, 0.2) is 42.6 Å². The summed E-state index contributed by atoms with van der Waals surface area (Å²) >= 11 is 0. The molecule has 4 rings (SSSR count). The maximum absolute atomic E-state index is 13.9. The number of nitrogens with one attached hydrogen (secondary N) is 1. The molecule has 3 aromatic rings. The van der Waals surface area contributed by atoms with Crippen LogP contribution in [0.25, 0.3) is 16.5 Å². The number of aromatic amines is 1. The number of esters is 1. The summed E-state index contributed by atoms with van der Waals surface area (Å²) in [5, 5.41) is 0.738. The van der Waals surface area contributed by atoms with Crippen LogP contribution in [0, 0.1) is 11.6 Å². The highest BCUT2D eigenvalue weighted by Gasteiger charge is 2.38. The third-order valence-corrected chi connectivity index (χ3v) is 6.15. The molecule has 0 spiro atoms. The van der Waals surface area contributed by atoms with E-state index >= 15 is 0 Å². The Bertz CT molecular complexity index is 1530. The summed E-state index contributed by atoms with van der Waals surface area (Å²) < 4.78 is 43.5. The number of halogens is 2. The average Bonchev–Trinajstić information content (AvgIpc) is 3.15. The highest BCUT2D eigenvalue weighted by atomic mass is 19.2. The van der Waals surface area contributed by atoms with E-state index in [1.165, 1.54) is 17.2 Å². The summed E-state index contributed by atoms with van der Waals surface area (Å²) in [4.78, 5) is 43.5. The first kappa shape index (κ1) is 28.8. The van der Waals surface area contributed by atoms with E-state index in [-0.39, 0.29) is 23.4 Å². The number of amides is 1. The summed E-state index contributed by atoms with van der Waals surface area (Å²) in [6.45, 7) is 12.5. The number of aromatic nitrogens is 1. The molecule has 0 fully saturated rings. The summed E-state index contributed by atoms with van der Waals surface area (Å²) in [6.07, 6.45) is 0.0736. The quantitative estimate of drug-likeness (QED) is 0.293. The highest BCUT2D eigenvalue weighted by molar-refractivity contribution is 6.18. The molecule has 0 saturated heterocycles. The first-order valence-corrected chi connectivity index (χ1v) is 12.8. The summed E-state index contributed by atoms with van der Waals surface area (Å²) in [5.74, 6) is -3.26. The highest BCUT2D eigenvalue weighted by Crippen LogP contribution is 2.41. The van der Waals surface area contributed by atoms with E-state index in [2.05, 4.69) is 4.98 Å². The minimum atomic E-state index is -1.15. The van der Waals surface area contributed by atoms with Gasteiger partial charge < -0.3 is 24.1 Å². The molecule has 1 aliphatic heterocycles. The second-order valence-corrected chi connectivity index (χ2v) is 11.6. The molecule has 2 aromatic carbocycles. The molecule has 1 aromatic heterocycles. The minimum Gasteiger partial charge on any atom is -0.459 e. The average molecular weight is 555 g/mol. The Morgan fingerprint density at radius 3 is 2.35 bits per heavy atom. The van der Waals surface area contributed by atoms with Crippen molar-refractivity contribution in [2.75, 3.05) is 6.54 Å². The number of fused-ring (bicyclic) bond motifs is 3. The molecule has 0 saturated carbocycles. The van der Waals surface area contributed by atoms with Gasteiger partial charge in [-0.1, -0.05) is 13.8 Å². The Kier molecular flexibility index (Phi) is 7.49. The van der Waals surface area contributed by atoms with Crippen molar-refractivity contribution in [3.63, 3.8) is 0 Å². The van der Waals surface area contributed by atoms with Gasteiger partial charge in [0.15, 0.2) is 11.6 Å². The lowest BCUT2D eigenvalue weighted by Gasteiger charge is -2.29. The summed E-state index contributed by atoms with van der Waals surface area (Å²) in [5.41, 5.74) is 0.306. The summed E-state index contributed by atoms with van der Waals surface area (Å²) in [7, 11) is 0. The van der Waals surface area contributed by atoms with Crippen molar-refractivity contribution in [1.82, 2.24) is 9.88 Å². The van der Waals surface area contributed by atoms with E-state index in [4.69, 9.17) is 14.2 Å². The number of ether oxygens (including phenoxy) is 3. The zero-order chi connectivity index (χ0) is 29.6. The van der Waals surface area contributed by atoms with Gasteiger partial charge in [-0.2, -0.15) is 0 Å². The second kappa shape index (κ2) is 10.4. The lowest BCUT2D eigenvalue weighted by Crippen LogP contribution is -2.37. The minimum absolute atomic E-state index is 0.0677. The predicted octanol–water partition coefficient (Wildman–Crippen LogP) is 6.49. The Labute approximate surface area is 230 Å². The molecule has 10 heteroatoms. The van der Waals surface area contributed by atoms with Crippen molar-refractivity contribution in [3.8, 4) is 5.75 Å². The van der Waals surface area contributed by atoms with Gasteiger partial charge in [0, 0.05) is 40.7 Å². The van der Waals surface area contributed by atoms with E-state index in [1.807, 2.05) is 13.8 Å². The number of rotatable bonds is 4. The molecule has 0 unspecified atom stereocenters. The van der Waals surface area contributed by atoms with Crippen LogP contribution in [0.3, 0.4) is 0 Å². The molecule has 1 aliphatic rings. The number of nitrogens with zero attached hydrogens (tertiary/aromatic N) is 1. The third-order valence-electron chi connectivity index (χ3n) is 6.15. The molecule has 1 N–H and O–H groups in total. The van der Waals surface area contributed by atoms with E-state index in [1.54, 1.807) is 52.8 Å². The first-order valence-electron chi connectivity index (χ1n) is 12.8. The first-order chi connectivity index (χ1) is 18.6. The van der Waals surface area contributed by atoms with Crippen LogP contribution in [0.5, 0.6) is 5.75 Å². The van der Waals surface area contributed by atoms with E-state index < -0.39 is 46.8 Å². The lowest BCUT2D eigenvalue weighted by molar-refractivity contribution is -0.140. The number of carbonyl (C=O) groups is 3. The zero-order valence-corrected chi connectivity index (χ0v) is 23.5. The zero-order valence-electron chi connectivity index (χ0n) is 23.5. The molecule has 1 amide bonds. The van der Waals surface area contributed by atoms with Gasteiger partial charge in [0.1, 0.15) is 11.4 Å². The molecule has 0 atom stereocenters. The van der Waals surface area contributed by atoms with Crippen molar-refractivity contribution in [2.24, 2.45) is 0 Å². The van der Waals surface area contributed by atoms with Gasteiger partial charge in [-0.25, -0.2) is 18.4 Å². The number of hydrogen-bond donors (Lipinski definition) is 1. The number of benzene rings is 2. The van der Waals surface area contributed by atoms with Gasteiger partial charge in [0.05, 0.1) is 17.4 Å². The molecule has 8 nitrogen and oxygen atoms in total. The number of hydrogen-bond acceptors (Lipinski definition) is 6. The van der Waals surface area contributed by atoms with Crippen LogP contribution in [0.2, 0.25) is 0 Å². The molecule has 0 radical (unpaired) electrons. The van der Waals surface area contributed by atoms with Gasteiger partial charge in [-0.3, -0.25) is 4.79 Å². The normalized spacial score (nSPS) is 14.8. The Morgan fingerprint density at radius 1 is 1.02 bits per heavy atom. The standard InChI is InChI=1S/C30H32F2N2O6/c1-16(2)38-27(36)20-14-34(26(35)17-8-11-21(31)22(32)12-17)15-30(6,7)24-19-10-9-18(13-23(19)33-25(20)24)39-28(37)40-29(3,4)5/h8-14,16,33H,15H2,1-7H3. The SMILES string of the molecule is CC(C)OC(=O)C1=CN(C(=O)c2ccc(F)c(F)c2)CC(C)(C)c2c1[nH]c1cc(OC(=O)OC(C)(C)C)ccc21. The van der Waals surface area contributed by atoms with Crippen molar-refractivity contribution >= 4 is 34.5 Å². The maximum Gasteiger partial charge on any atom is 0.514 e. The predicted molar refractivity (Wildman–Crippen MR) is 145 cm³/mol. The number of carbonyl (C=O) groups excluding carboxylic acids is 3. The molecule has 40 heavy (non-hydrogen) atoms. The van der Waals surface area contributed by atoms with Gasteiger partial charge >= 0.3 is 12.1 Å². The van der Waals surface area contributed by atoms with Crippen molar-refractivity contribution in [2.45, 2.75) is 65.6 Å². The third kappa shape index (κ3) is 6.00. The molecule has 0 bridgehead atoms. The van der Waals surface area contributed by atoms with E-state index in [0.717, 1.165) is 23.1 Å². The monoisotopic (exact) mass is 554 g/mol. The van der Waals surface area contributed by atoms with E-state index in [0.29, 0.717) is 11.2 Å². The maximum atomic E-state index is 13.9. The topological polar surface area (TPSA) is 97.9 Å². The fraction of sp³-hybridized carbons (Fsp3) is 0.367. The van der Waals surface area contributed by atoms with Crippen LogP contribution >= 0.6 is 0 Å². The van der Waals surface area contributed by atoms with Crippen molar-refractivity contribution < 1.29 is 37.4 Å². The Balaban J connectivity index is 1.82. The largest absolute Gasteiger partial charge is 0.514 e. The van der Waals surface area contributed by atoms with Crippen molar-refractivity contribution in [3.05, 3.63) is 71.1 Å². The smallest absolute Gasteiger partial charge is 0.459 e. The molecule has 0 aliphatic carbocycles. The van der Waals surface area contributed by atoms with Crippen LogP contribution in [0.4, 0.5) is 13.6 Å². The molecular weight excluding hydrogens is 522 g/mol. The van der Waals surface area contributed by atoms with Gasteiger partial charge in [-0.15, -0.1) is 0 Å². The molecule has 2 heterocycles. The van der Waals surface area contributed by atoms with Gasteiger partial charge in [-0.05, 0) is 70.5 Å². The summed E-state index contributed by atoms with van der Waals surface area (Å²) in [6, 6.07) is 7.90. The van der Waals surface area contributed by atoms with Crippen LogP contribution in [-0.2, 0) is 19.7 Å².